The third kappa shape index (κ3) is 3.84. The number of halogens is 3. The minimum absolute atomic E-state index is 0.0945. The molecule has 0 aliphatic rings. The van der Waals surface area contributed by atoms with Gasteiger partial charge in [0.2, 0.25) is 0 Å². The number of benzene rings is 1. The Bertz CT molecular complexity index is 793. The number of nitrogens with zero attached hydrogens (tertiary/aromatic N) is 1. The lowest BCUT2D eigenvalue weighted by molar-refractivity contribution is 0.0895. The summed E-state index contributed by atoms with van der Waals surface area (Å²) in [4.78, 5) is 25.8. The Kier molecular flexibility index (Phi) is 4.81. The van der Waals surface area contributed by atoms with Gasteiger partial charge < -0.3 is 5.32 Å². The molecule has 0 spiro atoms. The molecule has 1 heterocycles. The molecule has 2 N–H and O–H groups in total. The number of aromatic amines is 1. The molecular weight excluding hydrogens is 327 g/mol. The molecule has 0 radical (unpaired) electrons. The second-order valence-corrected chi connectivity index (χ2v) is 6.29. The normalized spacial score (nSPS) is 13.1. The van der Waals surface area contributed by atoms with E-state index < -0.39 is 40.9 Å². The first-order valence-electron chi connectivity index (χ1n) is 7.04. The van der Waals surface area contributed by atoms with Crippen molar-refractivity contribution in [1.82, 2.24) is 15.5 Å². The monoisotopic (exact) mass is 343 g/mol. The Labute approximate surface area is 135 Å². The molecule has 130 valence electrons. The van der Waals surface area contributed by atoms with Gasteiger partial charge in [0.1, 0.15) is 5.82 Å². The number of H-pyrrole nitrogens is 1. The molecule has 0 aliphatic carbocycles. The van der Waals surface area contributed by atoms with Gasteiger partial charge in [-0.1, -0.05) is 25.9 Å². The second kappa shape index (κ2) is 6.50. The molecule has 0 fully saturated rings. The highest BCUT2D eigenvalue weighted by atomic mass is 19.3. The van der Waals surface area contributed by atoms with Crippen LogP contribution in [0.25, 0.3) is 0 Å². The van der Waals surface area contributed by atoms with Crippen LogP contribution < -0.4 is 11.1 Å². The molecule has 1 atom stereocenters. The SMILES string of the molecule is CC(C)(C)C(NC(=O)c1ccc(F)c(C(F)F)c1)c1noc(=O)[nH]1. The third-order valence-electron chi connectivity index (χ3n) is 3.37. The summed E-state index contributed by atoms with van der Waals surface area (Å²) < 4.78 is 43.3. The van der Waals surface area contributed by atoms with E-state index in [4.69, 9.17) is 0 Å². The highest BCUT2D eigenvalue weighted by molar-refractivity contribution is 5.94. The van der Waals surface area contributed by atoms with Gasteiger partial charge in [0.25, 0.3) is 12.3 Å². The standard InChI is InChI=1S/C15H16F3N3O3/c1-15(2,3)10(12-20-14(23)24-21-12)19-13(22)7-4-5-9(16)8(6-7)11(17)18/h4-6,10-11H,1-3H3,(H,19,22)(H,20,21,23). The quantitative estimate of drug-likeness (QED) is 0.893. The summed E-state index contributed by atoms with van der Waals surface area (Å²) in [5.41, 5.74) is -1.56. The summed E-state index contributed by atoms with van der Waals surface area (Å²) in [5.74, 6) is -2.48. The Morgan fingerprint density at radius 1 is 1.33 bits per heavy atom. The molecular formula is C15H16F3N3O3. The summed E-state index contributed by atoms with van der Waals surface area (Å²) >= 11 is 0. The number of carbonyl (C=O) groups excluding carboxylic acids is 1. The molecule has 0 bridgehead atoms. The molecule has 9 heteroatoms. The fraction of sp³-hybridized carbons (Fsp3) is 0.400. The number of rotatable bonds is 4. The summed E-state index contributed by atoms with van der Waals surface area (Å²) in [6.07, 6.45) is -3.04. The smallest absolute Gasteiger partial charge is 0.341 e. The molecule has 1 amide bonds. The number of nitrogens with one attached hydrogen (secondary N) is 2. The van der Waals surface area contributed by atoms with Gasteiger partial charge in [0.05, 0.1) is 11.6 Å². The Balaban J connectivity index is 2.32. The fourth-order valence-electron chi connectivity index (χ4n) is 2.13. The molecule has 1 aromatic heterocycles. The van der Waals surface area contributed by atoms with Crippen LogP contribution in [-0.2, 0) is 0 Å². The Hall–Kier alpha value is -2.58. The first kappa shape index (κ1) is 17.8. The van der Waals surface area contributed by atoms with E-state index in [1.54, 1.807) is 20.8 Å². The summed E-state index contributed by atoms with van der Waals surface area (Å²) in [5, 5.41) is 6.14. The average Bonchev–Trinajstić information content (AvgIpc) is 2.89. The molecule has 0 saturated heterocycles. The number of alkyl halides is 2. The number of amides is 1. The van der Waals surface area contributed by atoms with Gasteiger partial charge >= 0.3 is 5.76 Å². The molecule has 0 saturated carbocycles. The van der Waals surface area contributed by atoms with Crippen molar-refractivity contribution in [2.24, 2.45) is 5.41 Å². The number of aromatic nitrogens is 2. The van der Waals surface area contributed by atoms with Crippen LogP contribution in [0.5, 0.6) is 0 Å². The summed E-state index contributed by atoms with van der Waals surface area (Å²) in [7, 11) is 0. The van der Waals surface area contributed by atoms with E-state index in [0.29, 0.717) is 0 Å². The van der Waals surface area contributed by atoms with Crippen LogP contribution in [0.3, 0.4) is 0 Å². The predicted molar refractivity (Wildman–Crippen MR) is 78.1 cm³/mol. The van der Waals surface area contributed by atoms with Gasteiger partial charge in [-0.15, -0.1) is 0 Å². The van der Waals surface area contributed by atoms with Crippen molar-refractivity contribution in [3.63, 3.8) is 0 Å². The van der Waals surface area contributed by atoms with Gasteiger partial charge in [0.15, 0.2) is 5.82 Å². The molecule has 24 heavy (non-hydrogen) atoms. The largest absolute Gasteiger partial charge is 0.438 e. The maximum atomic E-state index is 13.3. The minimum atomic E-state index is -3.04. The van der Waals surface area contributed by atoms with Crippen LogP contribution >= 0.6 is 0 Å². The van der Waals surface area contributed by atoms with Crippen LogP contribution in [0.2, 0.25) is 0 Å². The van der Waals surface area contributed by atoms with Crippen molar-refractivity contribution in [3.8, 4) is 0 Å². The van der Waals surface area contributed by atoms with Crippen molar-refractivity contribution in [2.45, 2.75) is 33.2 Å². The van der Waals surface area contributed by atoms with Crippen LogP contribution in [0, 0.1) is 11.2 Å². The van der Waals surface area contributed by atoms with Crippen molar-refractivity contribution < 1.29 is 22.5 Å². The topological polar surface area (TPSA) is 88.0 Å². The number of hydrogen-bond acceptors (Lipinski definition) is 4. The van der Waals surface area contributed by atoms with E-state index >= 15 is 0 Å². The highest BCUT2D eigenvalue weighted by Crippen LogP contribution is 2.31. The predicted octanol–water partition coefficient (Wildman–Crippen LogP) is 2.96. The maximum absolute atomic E-state index is 13.3. The van der Waals surface area contributed by atoms with E-state index in [2.05, 4.69) is 20.0 Å². The van der Waals surface area contributed by atoms with Gasteiger partial charge in [-0.3, -0.25) is 14.3 Å². The Morgan fingerprint density at radius 2 is 2.00 bits per heavy atom. The second-order valence-electron chi connectivity index (χ2n) is 6.29. The van der Waals surface area contributed by atoms with E-state index in [1.165, 1.54) is 0 Å². The lowest BCUT2D eigenvalue weighted by Crippen LogP contribution is -2.37. The Morgan fingerprint density at radius 3 is 2.50 bits per heavy atom. The zero-order chi connectivity index (χ0) is 18.1. The summed E-state index contributed by atoms with van der Waals surface area (Å²) in [6, 6.07) is 1.94. The molecule has 2 rings (SSSR count). The van der Waals surface area contributed by atoms with Gasteiger partial charge in [0, 0.05) is 5.56 Å². The fourth-order valence-corrected chi connectivity index (χ4v) is 2.13. The molecule has 0 aliphatic heterocycles. The van der Waals surface area contributed by atoms with Crippen LogP contribution in [0.1, 0.15) is 55.0 Å². The first-order valence-corrected chi connectivity index (χ1v) is 7.04. The van der Waals surface area contributed by atoms with Crippen LogP contribution in [0.15, 0.2) is 27.5 Å². The lowest BCUT2D eigenvalue weighted by Gasteiger charge is -2.29. The first-order chi connectivity index (χ1) is 11.1. The zero-order valence-corrected chi connectivity index (χ0v) is 13.2. The van der Waals surface area contributed by atoms with Crippen molar-refractivity contribution in [2.75, 3.05) is 0 Å². The van der Waals surface area contributed by atoms with Crippen LogP contribution in [-0.4, -0.2) is 16.0 Å². The van der Waals surface area contributed by atoms with E-state index in [1.807, 2.05) is 0 Å². The van der Waals surface area contributed by atoms with Gasteiger partial charge in [-0.2, -0.15) is 0 Å². The van der Waals surface area contributed by atoms with Gasteiger partial charge in [-0.25, -0.2) is 18.0 Å². The zero-order valence-electron chi connectivity index (χ0n) is 13.2. The lowest BCUT2D eigenvalue weighted by atomic mass is 9.86. The van der Waals surface area contributed by atoms with Gasteiger partial charge in [-0.05, 0) is 23.6 Å². The van der Waals surface area contributed by atoms with Crippen molar-refractivity contribution in [1.29, 1.82) is 0 Å². The number of carbonyl (C=O) groups is 1. The number of hydrogen-bond donors (Lipinski definition) is 2. The van der Waals surface area contributed by atoms with E-state index in [-0.39, 0.29) is 11.4 Å². The molecule has 1 aromatic carbocycles. The van der Waals surface area contributed by atoms with Crippen molar-refractivity contribution >= 4 is 5.91 Å². The minimum Gasteiger partial charge on any atom is -0.341 e. The van der Waals surface area contributed by atoms with E-state index in [9.17, 15) is 22.8 Å². The van der Waals surface area contributed by atoms with E-state index in [0.717, 1.165) is 18.2 Å². The molecule has 6 nitrogen and oxygen atoms in total. The van der Waals surface area contributed by atoms with Crippen LogP contribution in [0.4, 0.5) is 13.2 Å². The molecule has 2 aromatic rings. The van der Waals surface area contributed by atoms with Crippen molar-refractivity contribution in [3.05, 3.63) is 51.5 Å². The third-order valence-corrected chi connectivity index (χ3v) is 3.37. The molecule has 1 unspecified atom stereocenters. The average molecular weight is 343 g/mol. The highest BCUT2D eigenvalue weighted by Gasteiger charge is 2.31. The maximum Gasteiger partial charge on any atom is 0.438 e. The summed E-state index contributed by atoms with van der Waals surface area (Å²) in [6.45, 7) is 5.33.